The maximum atomic E-state index is 13.6. The maximum Gasteiger partial charge on any atom is 0.376 e. The minimum absolute atomic E-state index is 0.0693. The predicted octanol–water partition coefficient (Wildman–Crippen LogP) is 6.06. The van der Waals surface area contributed by atoms with E-state index >= 15 is 0 Å². The molecule has 0 aliphatic carbocycles. The molecule has 0 spiro atoms. The Balaban J connectivity index is 1.48. The van der Waals surface area contributed by atoms with E-state index in [0.29, 0.717) is 32.9 Å². The Morgan fingerprint density at radius 1 is 0.733 bits per heavy atom. The van der Waals surface area contributed by atoms with Gasteiger partial charge in [-0.15, -0.1) is 10.2 Å². The first-order valence-corrected chi connectivity index (χ1v) is 15.1. The first kappa shape index (κ1) is 28.8. The molecule has 3 aromatic carbocycles. The molecule has 1 aromatic heterocycles. The van der Waals surface area contributed by atoms with E-state index in [1.807, 2.05) is 70.5 Å². The number of aromatic nitrogens is 1. The number of benzene rings is 3. The number of hydrogen-bond donors (Lipinski definition) is 1. The maximum absolute atomic E-state index is 13.6. The van der Waals surface area contributed by atoms with Gasteiger partial charge in [0.05, 0.1) is 30.3 Å². The topological polar surface area (TPSA) is 106 Å². The van der Waals surface area contributed by atoms with Crippen LogP contribution in [0, 0.1) is 0 Å². The molecule has 2 atom stereocenters. The fraction of sp³-hybridized carbons (Fsp3) is 0.188. The summed E-state index contributed by atoms with van der Waals surface area (Å²) in [6.45, 7) is 3.81. The number of nitrogens with zero attached hydrogens (tertiary/aromatic N) is 6. The van der Waals surface area contributed by atoms with Crippen LogP contribution in [0.15, 0.2) is 95.1 Å². The van der Waals surface area contributed by atoms with E-state index in [9.17, 15) is 9.59 Å². The highest BCUT2D eigenvalue weighted by Gasteiger charge is 2.58. The van der Waals surface area contributed by atoms with Crippen LogP contribution in [0.3, 0.4) is 0 Å². The Hall–Kier alpha value is -5.00. The molecule has 2 unspecified atom stereocenters. The average molecular weight is 645 g/mol. The van der Waals surface area contributed by atoms with Gasteiger partial charge in [0.2, 0.25) is 11.7 Å². The number of H-pyrrole nitrogens is 1. The lowest BCUT2D eigenvalue weighted by Gasteiger charge is -2.45. The normalized spacial score (nSPS) is 18.2. The van der Waals surface area contributed by atoms with Gasteiger partial charge >= 0.3 is 11.9 Å². The van der Waals surface area contributed by atoms with Crippen LogP contribution >= 0.6 is 23.2 Å². The van der Waals surface area contributed by atoms with Crippen molar-refractivity contribution in [2.45, 2.75) is 26.2 Å². The van der Waals surface area contributed by atoms with Crippen molar-refractivity contribution in [1.29, 1.82) is 0 Å². The molecule has 11 nitrogen and oxygen atoms in total. The van der Waals surface area contributed by atoms with Crippen molar-refractivity contribution in [1.82, 2.24) is 4.98 Å². The minimum atomic E-state index is -0.730. The third-order valence-corrected chi connectivity index (χ3v) is 8.12. The summed E-state index contributed by atoms with van der Waals surface area (Å²) in [5.41, 5.74) is 3.60. The third-order valence-electron chi connectivity index (χ3n) is 7.62. The number of esters is 2. The van der Waals surface area contributed by atoms with Crippen molar-refractivity contribution >= 4 is 69.7 Å². The van der Waals surface area contributed by atoms with Crippen LogP contribution < -0.4 is 19.8 Å². The van der Waals surface area contributed by atoms with E-state index in [-0.39, 0.29) is 24.9 Å². The molecule has 3 aliphatic heterocycles. The van der Waals surface area contributed by atoms with Crippen molar-refractivity contribution in [2.75, 3.05) is 33.0 Å². The predicted molar refractivity (Wildman–Crippen MR) is 175 cm³/mol. The summed E-state index contributed by atoms with van der Waals surface area (Å²) < 4.78 is 11.0. The average Bonchev–Trinajstić information content (AvgIpc) is 3.76. The molecule has 4 aromatic rings. The fourth-order valence-corrected chi connectivity index (χ4v) is 6.01. The Kier molecular flexibility index (Phi) is 7.34. The highest BCUT2D eigenvalue weighted by molar-refractivity contribution is 6.45. The van der Waals surface area contributed by atoms with E-state index in [1.165, 1.54) is 0 Å². The smallest absolute Gasteiger partial charge is 0.376 e. The van der Waals surface area contributed by atoms with Gasteiger partial charge in [0.15, 0.2) is 12.3 Å². The van der Waals surface area contributed by atoms with Crippen LogP contribution in [0.25, 0.3) is 11.3 Å². The second-order valence-electron chi connectivity index (χ2n) is 10.3. The van der Waals surface area contributed by atoms with Gasteiger partial charge in [-0.3, -0.25) is 9.80 Å². The van der Waals surface area contributed by atoms with Gasteiger partial charge in [-0.25, -0.2) is 19.6 Å². The molecule has 4 heterocycles. The number of halogens is 2. The molecular formula is C32H27Cl2N7O4. The van der Waals surface area contributed by atoms with Crippen molar-refractivity contribution in [2.24, 2.45) is 10.2 Å². The highest BCUT2D eigenvalue weighted by Crippen LogP contribution is 2.49. The molecule has 0 amide bonds. The number of anilines is 4. The summed E-state index contributed by atoms with van der Waals surface area (Å²) in [5.74, 6) is -0.509. The monoisotopic (exact) mass is 643 g/mol. The van der Waals surface area contributed by atoms with Crippen LogP contribution in [0.2, 0.25) is 10.0 Å². The summed E-state index contributed by atoms with van der Waals surface area (Å²) in [6.07, 6.45) is -1.45. The zero-order chi connectivity index (χ0) is 31.2. The molecule has 0 saturated carbocycles. The Bertz CT molecular complexity index is 1710. The Morgan fingerprint density at radius 2 is 1.22 bits per heavy atom. The molecule has 1 N–H and O–H groups in total. The summed E-state index contributed by atoms with van der Waals surface area (Å²) >= 11 is 12.5. The van der Waals surface area contributed by atoms with Crippen LogP contribution in [0.4, 0.5) is 22.9 Å². The second-order valence-corrected chi connectivity index (χ2v) is 11.2. The number of aromatic amines is 1. The number of hydrogen-bond acceptors (Lipinski definition) is 10. The van der Waals surface area contributed by atoms with E-state index in [4.69, 9.17) is 42.9 Å². The van der Waals surface area contributed by atoms with E-state index in [1.54, 1.807) is 48.1 Å². The van der Waals surface area contributed by atoms with Gasteiger partial charge in [-0.2, -0.15) is 0 Å². The zero-order valence-electron chi connectivity index (χ0n) is 24.2. The van der Waals surface area contributed by atoms with E-state index in [2.05, 4.69) is 4.98 Å². The second kappa shape index (κ2) is 11.5. The summed E-state index contributed by atoms with van der Waals surface area (Å²) in [7, 11) is 0. The van der Waals surface area contributed by atoms with Gasteiger partial charge in [0.25, 0.3) is 0 Å². The summed E-state index contributed by atoms with van der Waals surface area (Å²) in [6, 6.07) is 26.0. The largest absolute Gasteiger partial charge is 0.460 e. The number of carbonyl (C=O) groups excluding carboxylic acids is 2. The third kappa shape index (κ3) is 4.84. The zero-order valence-corrected chi connectivity index (χ0v) is 25.7. The first-order valence-electron chi connectivity index (χ1n) is 14.4. The lowest BCUT2D eigenvalue weighted by Crippen LogP contribution is -2.65. The van der Waals surface area contributed by atoms with Crippen LogP contribution in [0.1, 0.15) is 13.8 Å². The van der Waals surface area contributed by atoms with Crippen molar-refractivity contribution in [3.05, 3.63) is 95.0 Å². The number of nitrogens with one attached hydrogen (secondary N) is 1. The van der Waals surface area contributed by atoms with Crippen LogP contribution in [0.5, 0.6) is 0 Å². The summed E-state index contributed by atoms with van der Waals surface area (Å²) in [4.78, 5) is 34.3. The molecule has 228 valence electrons. The number of fused-ring (bicyclic) bond motifs is 6. The molecule has 0 fully saturated rings. The standard InChI is InChI=1S/C32H27Cl2N7O4/c1-3-44-31(42)27-36-40(22-14-10-20(33)11-15-22)29-30-39(26-25(38(27)29)18-24(35-26)19-8-6-5-7-9-19)28(32(43)45-4-2)37-41(30)23-16-12-21(34)13-17-23/h5-18,29-30,35H,3-4H2,1-2H3. The van der Waals surface area contributed by atoms with Crippen molar-refractivity contribution < 1.29 is 19.1 Å². The number of amidine groups is 2. The fourth-order valence-electron chi connectivity index (χ4n) is 5.75. The van der Waals surface area contributed by atoms with Gasteiger partial charge in [0.1, 0.15) is 5.82 Å². The number of hydrazone groups is 2. The molecule has 0 radical (unpaired) electrons. The van der Waals surface area contributed by atoms with Crippen molar-refractivity contribution in [3.8, 4) is 11.3 Å². The molecule has 7 rings (SSSR count). The van der Waals surface area contributed by atoms with Gasteiger partial charge < -0.3 is 14.5 Å². The number of ether oxygens (including phenoxy) is 2. The molecule has 3 aliphatic rings. The Morgan fingerprint density at radius 3 is 1.73 bits per heavy atom. The lowest BCUT2D eigenvalue weighted by molar-refractivity contribution is -0.136. The lowest BCUT2D eigenvalue weighted by atomic mass is 10.1. The molecular weight excluding hydrogens is 617 g/mol. The molecule has 13 heteroatoms. The first-order chi connectivity index (χ1) is 21.9. The van der Waals surface area contributed by atoms with Gasteiger partial charge in [-0.05, 0) is 74.0 Å². The number of rotatable bonds is 7. The SMILES string of the molecule is CCOC(=O)C1=NN(c2ccc(Cl)cc2)C2C3N(c4ccc(Cl)cc4)N=C(C(=O)OCC)N3c3[nH]c(-c4ccccc4)cc3N12. The molecule has 0 saturated heterocycles. The highest BCUT2D eigenvalue weighted by atomic mass is 35.5. The minimum Gasteiger partial charge on any atom is -0.460 e. The van der Waals surface area contributed by atoms with Gasteiger partial charge in [-0.1, -0.05) is 53.5 Å². The quantitative estimate of drug-likeness (QED) is 0.242. The molecule has 0 bridgehead atoms. The van der Waals surface area contributed by atoms with Gasteiger partial charge in [0, 0.05) is 15.7 Å². The van der Waals surface area contributed by atoms with Crippen LogP contribution in [-0.4, -0.2) is 54.1 Å². The molecule has 45 heavy (non-hydrogen) atoms. The van der Waals surface area contributed by atoms with E-state index in [0.717, 1.165) is 11.3 Å². The van der Waals surface area contributed by atoms with Crippen molar-refractivity contribution in [3.63, 3.8) is 0 Å². The number of carbonyl (C=O) groups is 2. The Labute approximate surface area is 268 Å². The van der Waals surface area contributed by atoms with E-state index < -0.39 is 24.3 Å². The van der Waals surface area contributed by atoms with Crippen LogP contribution in [-0.2, 0) is 19.1 Å². The summed E-state index contributed by atoms with van der Waals surface area (Å²) in [5, 5.41) is 14.2.